The van der Waals surface area contributed by atoms with Crippen LogP contribution in [0.4, 0.5) is 8.78 Å². The lowest BCUT2D eigenvalue weighted by Crippen LogP contribution is -2.32. The van der Waals surface area contributed by atoms with Crippen LogP contribution in [0.15, 0.2) is 18.2 Å². The lowest BCUT2D eigenvalue weighted by Gasteiger charge is -2.27. The summed E-state index contributed by atoms with van der Waals surface area (Å²) < 4.78 is 26.3. The van der Waals surface area contributed by atoms with E-state index < -0.39 is 11.6 Å². The van der Waals surface area contributed by atoms with E-state index in [0.717, 1.165) is 18.4 Å². The Morgan fingerprint density at radius 1 is 1.29 bits per heavy atom. The first-order valence-corrected chi connectivity index (χ1v) is 6.83. The van der Waals surface area contributed by atoms with Gasteiger partial charge in [0.05, 0.1) is 0 Å². The molecule has 0 bridgehead atoms. The minimum atomic E-state index is -0.559. The Balaban J connectivity index is 2.84. The molecule has 1 rings (SSSR count). The van der Waals surface area contributed by atoms with Gasteiger partial charge in [0.25, 0.3) is 0 Å². The molecule has 1 atom stereocenters. The molecule has 2 nitrogen and oxygen atoms in total. The van der Waals surface area contributed by atoms with Crippen LogP contribution in [0.2, 0.25) is 0 Å². The molecule has 0 saturated carbocycles. The van der Waals surface area contributed by atoms with E-state index >= 15 is 0 Å². The second-order valence-electron chi connectivity index (χ2n) is 3.93. The average molecular weight is 260 g/mol. The number of thioether (sulfide) groups is 1. The summed E-state index contributed by atoms with van der Waals surface area (Å²) in [5, 5.41) is 0. The van der Waals surface area contributed by atoms with Crippen LogP contribution in [-0.4, -0.2) is 37.0 Å². The first-order chi connectivity index (χ1) is 8.08. The van der Waals surface area contributed by atoms with Gasteiger partial charge in [0, 0.05) is 31.0 Å². The van der Waals surface area contributed by atoms with Gasteiger partial charge in [-0.1, -0.05) is 0 Å². The summed E-state index contributed by atoms with van der Waals surface area (Å²) in [4.78, 5) is 2.02. The van der Waals surface area contributed by atoms with Crippen molar-refractivity contribution in [2.24, 2.45) is 5.73 Å². The Labute approximate surface area is 105 Å². The highest BCUT2D eigenvalue weighted by atomic mass is 32.2. The van der Waals surface area contributed by atoms with Crippen molar-refractivity contribution in [3.63, 3.8) is 0 Å². The predicted molar refractivity (Wildman–Crippen MR) is 69.2 cm³/mol. The summed E-state index contributed by atoms with van der Waals surface area (Å²) in [5.41, 5.74) is 6.28. The van der Waals surface area contributed by atoms with E-state index in [-0.39, 0.29) is 6.04 Å². The fourth-order valence-corrected chi connectivity index (χ4v) is 2.20. The van der Waals surface area contributed by atoms with Gasteiger partial charge in [-0.05, 0) is 31.0 Å². The monoisotopic (exact) mass is 260 g/mol. The normalized spacial score (nSPS) is 13.1. The maximum absolute atomic E-state index is 13.1. The van der Waals surface area contributed by atoms with Gasteiger partial charge in [-0.25, -0.2) is 8.78 Å². The van der Waals surface area contributed by atoms with Crippen molar-refractivity contribution in [3.8, 4) is 0 Å². The SMILES string of the molecule is CSCCN(C)C(CN)c1cc(F)cc(F)c1. The predicted octanol–water partition coefficient (Wildman–Crippen LogP) is 2.26. The molecule has 0 aromatic heterocycles. The maximum Gasteiger partial charge on any atom is 0.126 e. The summed E-state index contributed by atoms with van der Waals surface area (Å²) >= 11 is 1.73. The number of benzene rings is 1. The van der Waals surface area contributed by atoms with E-state index in [1.54, 1.807) is 11.8 Å². The van der Waals surface area contributed by atoms with Gasteiger partial charge in [0.2, 0.25) is 0 Å². The summed E-state index contributed by atoms with van der Waals surface area (Å²) in [6, 6.07) is 3.41. The first kappa shape index (κ1) is 14.4. The highest BCUT2D eigenvalue weighted by molar-refractivity contribution is 7.98. The number of likely N-dealkylation sites (N-methyl/N-ethyl adjacent to an activating group) is 1. The second-order valence-corrected chi connectivity index (χ2v) is 4.91. The minimum Gasteiger partial charge on any atom is -0.329 e. The minimum absolute atomic E-state index is 0.146. The average Bonchev–Trinajstić information content (AvgIpc) is 2.26. The van der Waals surface area contributed by atoms with Crippen LogP contribution >= 0.6 is 11.8 Å². The molecule has 0 radical (unpaired) electrons. The number of nitrogens with two attached hydrogens (primary N) is 1. The lowest BCUT2D eigenvalue weighted by atomic mass is 10.1. The molecule has 0 aliphatic rings. The fraction of sp³-hybridized carbons (Fsp3) is 0.500. The molecule has 1 unspecified atom stereocenters. The molecule has 1 aromatic rings. The van der Waals surface area contributed by atoms with Crippen LogP contribution in [0, 0.1) is 11.6 Å². The van der Waals surface area contributed by atoms with Crippen LogP contribution < -0.4 is 5.73 Å². The molecule has 0 aliphatic carbocycles. The molecule has 96 valence electrons. The third-order valence-corrected chi connectivity index (χ3v) is 3.26. The molecule has 0 aliphatic heterocycles. The second kappa shape index (κ2) is 6.93. The Bertz CT molecular complexity index is 340. The van der Waals surface area contributed by atoms with Crippen LogP contribution in [0.25, 0.3) is 0 Å². The number of rotatable bonds is 6. The smallest absolute Gasteiger partial charge is 0.126 e. The first-order valence-electron chi connectivity index (χ1n) is 5.43. The number of hydrogen-bond donors (Lipinski definition) is 1. The molecule has 0 saturated heterocycles. The summed E-state index contributed by atoms with van der Waals surface area (Å²) in [7, 11) is 1.91. The van der Waals surface area contributed by atoms with Crippen molar-refractivity contribution in [3.05, 3.63) is 35.4 Å². The van der Waals surface area contributed by atoms with E-state index in [1.165, 1.54) is 12.1 Å². The summed E-state index contributed by atoms with van der Waals surface area (Å²) in [5.74, 6) is -0.154. The third kappa shape index (κ3) is 4.26. The Morgan fingerprint density at radius 3 is 2.35 bits per heavy atom. The molecular weight excluding hydrogens is 242 g/mol. The number of halogens is 2. The Kier molecular flexibility index (Phi) is 5.88. The van der Waals surface area contributed by atoms with E-state index in [0.29, 0.717) is 12.1 Å². The van der Waals surface area contributed by atoms with Crippen molar-refractivity contribution in [2.75, 3.05) is 32.1 Å². The van der Waals surface area contributed by atoms with Gasteiger partial charge in [-0.15, -0.1) is 0 Å². The van der Waals surface area contributed by atoms with Gasteiger partial charge in [0.15, 0.2) is 0 Å². The van der Waals surface area contributed by atoms with Crippen molar-refractivity contribution in [1.29, 1.82) is 0 Å². The molecule has 1 aromatic carbocycles. The van der Waals surface area contributed by atoms with E-state index in [2.05, 4.69) is 0 Å². The Hall–Kier alpha value is -0.650. The largest absolute Gasteiger partial charge is 0.329 e. The molecular formula is C12H18F2N2S. The lowest BCUT2D eigenvalue weighted by molar-refractivity contribution is 0.264. The zero-order valence-electron chi connectivity index (χ0n) is 10.1. The third-order valence-electron chi connectivity index (χ3n) is 2.67. The summed E-state index contributed by atoms with van der Waals surface area (Å²) in [6.45, 7) is 1.18. The highest BCUT2D eigenvalue weighted by Crippen LogP contribution is 2.20. The fourth-order valence-electron chi connectivity index (χ4n) is 1.73. The molecule has 0 heterocycles. The van der Waals surface area contributed by atoms with E-state index in [9.17, 15) is 8.78 Å². The van der Waals surface area contributed by atoms with Gasteiger partial charge in [-0.2, -0.15) is 11.8 Å². The van der Waals surface area contributed by atoms with Crippen LogP contribution in [-0.2, 0) is 0 Å². The zero-order valence-corrected chi connectivity index (χ0v) is 10.9. The van der Waals surface area contributed by atoms with Crippen molar-refractivity contribution in [2.45, 2.75) is 6.04 Å². The van der Waals surface area contributed by atoms with Crippen LogP contribution in [0.5, 0.6) is 0 Å². The van der Waals surface area contributed by atoms with Gasteiger partial charge < -0.3 is 5.73 Å². The quantitative estimate of drug-likeness (QED) is 0.850. The van der Waals surface area contributed by atoms with E-state index in [1.807, 2.05) is 18.2 Å². The van der Waals surface area contributed by atoms with Gasteiger partial charge in [0.1, 0.15) is 11.6 Å². The molecule has 2 N–H and O–H groups in total. The summed E-state index contributed by atoms with van der Waals surface area (Å²) in [6.07, 6.45) is 2.02. The topological polar surface area (TPSA) is 29.3 Å². The van der Waals surface area contributed by atoms with Crippen molar-refractivity contribution < 1.29 is 8.78 Å². The highest BCUT2D eigenvalue weighted by Gasteiger charge is 2.16. The van der Waals surface area contributed by atoms with E-state index in [4.69, 9.17) is 5.73 Å². The van der Waals surface area contributed by atoms with Crippen LogP contribution in [0.1, 0.15) is 11.6 Å². The zero-order chi connectivity index (χ0) is 12.8. The standard InChI is InChI=1S/C12H18F2N2S/c1-16(3-4-17-2)12(8-15)9-5-10(13)7-11(14)6-9/h5-7,12H,3-4,8,15H2,1-2H3. The molecule has 0 amide bonds. The van der Waals surface area contributed by atoms with Gasteiger partial charge in [-0.3, -0.25) is 4.90 Å². The van der Waals surface area contributed by atoms with Gasteiger partial charge >= 0.3 is 0 Å². The van der Waals surface area contributed by atoms with Crippen molar-refractivity contribution >= 4 is 11.8 Å². The molecule has 0 spiro atoms. The molecule has 0 fully saturated rings. The molecule has 17 heavy (non-hydrogen) atoms. The Morgan fingerprint density at radius 2 is 1.88 bits per heavy atom. The maximum atomic E-state index is 13.1. The number of hydrogen-bond acceptors (Lipinski definition) is 3. The number of nitrogens with zero attached hydrogens (tertiary/aromatic N) is 1. The van der Waals surface area contributed by atoms with Crippen molar-refractivity contribution in [1.82, 2.24) is 4.90 Å². The van der Waals surface area contributed by atoms with Crippen LogP contribution in [0.3, 0.4) is 0 Å². The molecule has 5 heteroatoms.